The number of carboxylic acids is 1. The third-order valence-corrected chi connectivity index (χ3v) is 1.72. The molecule has 0 aromatic rings. The Labute approximate surface area is 90.0 Å². The van der Waals surface area contributed by atoms with Crippen LogP contribution in [-0.4, -0.2) is 23.7 Å². The van der Waals surface area contributed by atoms with E-state index in [0.29, 0.717) is 6.42 Å². The monoisotopic (exact) mass is 224 g/mol. The molecule has 0 aliphatic carbocycles. The summed E-state index contributed by atoms with van der Waals surface area (Å²) in [6, 6.07) is 0. The van der Waals surface area contributed by atoms with Gasteiger partial charge in [0.2, 0.25) is 0 Å². The first-order chi connectivity index (χ1) is 6.13. The Bertz CT molecular complexity index is 182. The van der Waals surface area contributed by atoms with E-state index in [1.165, 1.54) is 0 Å². The van der Waals surface area contributed by atoms with Gasteiger partial charge in [0, 0.05) is 0 Å². The molecule has 0 fully saturated rings. The molecule has 14 heavy (non-hydrogen) atoms. The molecule has 1 atom stereocenters. The molecule has 1 N–H and O–H groups in total. The molecule has 0 aliphatic rings. The molecule has 0 heterocycles. The maximum absolute atomic E-state index is 11.1. The highest BCUT2D eigenvalue weighted by Crippen LogP contribution is 2.10. The van der Waals surface area contributed by atoms with Crippen LogP contribution in [0.1, 0.15) is 33.1 Å². The van der Waals surface area contributed by atoms with Crippen LogP contribution in [0.25, 0.3) is 0 Å². The molecule has 0 saturated heterocycles. The van der Waals surface area contributed by atoms with Crippen LogP contribution < -0.4 is 0 Å². The molecule has 1 unspecified atom stereocenters. The van der Waals surface area contributed by atoms with Crippen molar-refractivity contribution >= 4 is 24.3 Å². The SMILES string of the molecule is CCCCC(C(=O)O)C(=O)OCC.Cl. The van der Waals surface area contributed by atoms with Crippen molar-refractivity contribution in [3.05, 3.63) is 0 Å². The summed E-state index contributed by atoms with van der Waals surface area (Å²) >= 11 is 0. The standard InChI is InChI=1S/C9H16O4.ClH/c1-3-5-6-7(8(10)11)9(12)13-4-2;/h7H,3-6H2,1-2H3,(H,10,11);1H. The predicted octanol–water partition coefficient (Wildman–Crippen LogP) is 1.86. The third-order valence-electron chi connectivity index (χ3n) is 1.72. The van der Waals surface area contributed by atoms with Gasteiger partial charge in [0.1, 0.15) is 0 Å². The Kier molecular flexibility index (Phi) is 9.88. The Balaban J connectivity index is 0. The number of hydrogen-bond acceptors (Lipinski definition) is 3. The predicted molar refractivity (Wildman–Crippen MR) is 54.5 cm³/mol. The van der Waals surface area contributed by atoms with E-state index in [9.17, 15) is 9.59 Å². The van der Waals surface area contributed by atoms with Gasteiger partial charge in [-0.25, -0.2) is 0 Å². The Hall–Kier alpha value is -0.770. The maximum Gasteiger partial charge on any atom is 0.320 e. The van der Waals surface area contributed by atoms with E-state index >= 15 is 0 Å². The van der Waals surface area contributed by atoms with Crippen LogP contribution in [-0.2, 0) is 14.3 Å². The Morgan fingerprint density at radius 1 is 1.36 bits per heavy atom. The number of halogens is 1. The van der Waals surface area contributed by atoms with Crippen LogP contribution in [0.2, 0.25) is 0 Å². The van der Waals surface area contributed by atoms with Crippen molar-refractivity contribution in [2.24, 2.45) is 5.92 Å². The van der Waals surface area contributed by atoms with Gasteiger partial charge in [0.25, 0.3) is 0 Å². The van der Waals surface area contributed by atoms with Gasteiger partial charge in [0.15, 0.2) is 5.92 Å². The number of hydrogen-bond donors (Lipinski definition) is 1. The van der Waals surface area contributed by atoms with Crippen LogP contribution in [0, 0.1) is 5.92 Å². The first-order valence-corrected chi connectivity index (χ1v) is 4.52. The highest BCUT2D eigenvalue weighted by Gasteiger charge is 2.26. The zero-order valence-electron chi connectivity index (χ0n) is 8.49. The number of carbonyl (C=O) groups is 2. The molecule has 0 bridgehead atoms. The highest BCUT2D eigenvalue weighted by molar-refractivity contribution is 5.93. The summed E-state index contributed by atoms with van der Waals surface area (Å²) in [5, 5.41) is 8.70. The van der Waals surface area contributed by atoms with Crippen molar-refractivity contribution < 1.29 is 19.4 Å². The fraction of sp³-hybridized carbons (Fsp3) is 0.778. The molecular formula is C9H17ClO4. The van der Waals surface area contributed by atoms with E-state index in [4.69, 9.17) is 5.11 Å². The largest absolute Gasteiger partial charge is 0.481 e. The lowest BCUT2D eigenvalue weighted by Gasteiger charge is -2.09. The molecule has 0 aliphatic heterocycles. The van der Waals surface area contributed by atoms with Gasteiger partial charge in [-0.2, -0.15) is 0 Å². The van der Waals surface area contributed by atoms with Crippen molar-refractivity contribution in [1.29, 1.82) is 0 Å². The quantitative estimate of drug-likeness (QED) is 0.553. The molecule has 0 radical (unpaired) electrons. The summed E-state index contributed by atoms with van der Waals surface area (Å²) in [4.78, 5) is 21.7. The van der Waals surface area contributed by atoms with Gasteiger partial charge >= 0.3 is 11.9 Å². The van der Waals surface area contributed by atoms with Gasteiger partial charge < -0.3 is 9.84 Å². The zero-order valence-corrected chi connectivity index (χ0v) is 9.30. The fourth-order valence-electron chi connectivity index (χ4n) is 0.993. The van der Waals surface area contributed by atoms with Gasteiger partial charge in [0.05, 0.1) is 6.61 Å². The van der Waals surface area contributed by atoms with Gasteiger partial charge in [-0.1, -0.05) is 19.8 Å². The summed E-state index contributed by atoms with van der Waals surface area (Å²) in [5.41, 5.74) is 0. The van der Waals surface area contributed by atoms with Gasteiger partial charge in [-0.3, -0.25) is 9.59 Å². The second-order valence-corrected chi connectivity index (χ2v) is 2.79. The van der Waals surface area contributed by atoms with E-state index in [-0.39, 0.29) is 19.0 Å². The summed E-state index contributed by atoms with van der Waals surface area (Å²) in [6.07, 6.45) is 1.98. The van der Waals surface area contributed by atoms with Crippen molar-refractivity contribution in [2.45, 2.75) is 33.1 Å². The average Bonchev–Trinajstić information content (AvgIpc) is 2.05. The van der Waals surface area contributed by atoms with E-state index < -0.39 is 17.9 Å². The minimum Gasteiger partial charge on any atom is -0.481 e. The van der Waals surface area contributed by atoms with E-state index in [1.807, 2.05) is 6.92 Å². The van der Waals surface area contributed by atoms with E-state index in [2.05, 4.69) is 4.74 Å². The van der Waals surface area contributed by atoms with E-state index in [0.717, 1.165) is 12.8 Å². The van der Waals surface area contributed by atoms with Crippen molar-refractivity contribution in [3.63, 3.8) is 0 Å². The molecule has 0 amide bonds. The van der Waals surface area contributed by atoms with Crippen molar-refractivity contribution in [2.75, 3.05) is 6.61 Å². The van der Waals surface area contributed by atoms with Crippen LogP contribution in [0.15, 0.2) is 0 Å². The molecule has 0 spiro atoms. The lowest BCUT2D eigenvalue weighted by atomic mass is 10.0. The van der Waals surface area contributed by atoms with Gasteiger partial charge in [-0.15, -0.1) is 12.4 Å². The number of unbranched alkanes of at least 4 members (excludes halogenated alkanes) is 1. The number of rotatable bonds is 6. The normalized spacial score (nSPS) is 11.3. The fourth-order valence-corrected chi connectivity index (χ4v) is 0.993. The lowest BCUT2D eigenvalue weighted by molar-refractivity contribution is -0.158. The molecule has 0 aromatic carbocycles. The van der Waals surface area contributed by atoms with E-state index in [1.54, 1.807) is 6.92 Å². The molecular weight excluding hydrogens is 208 g/mol. The van der Waals surface area contributed by atoms with Crippen LogP contribution in [0.3, 0.4) is 0 Å². The second-order valence-electron chi connectivity index (χ2n) is 2.79. The number of carboxylic acid groups (broad SMARTS) is 1. The first kappa shape index (κ1) is 15.7. The number of carbonyl (C=O) groups excluding carboxylic acids is 1. The number of aliphatic carboxylic acids is 1. The highest BCUT2D eigenvalue weighted by atomic mass is 35.5. The average molecular weight is 225 g/mol. The van der Waals surface area contributed by atoms with Crippen LogP contribution >= 0.6 is 12.4 Å². The van der Waals surface area contributed by atoms with Crippen molar-refractivity contribution in [3.8, 4) is 0 Å². The topological polar surface area (TPSA) is 63.6 Å². The number of ether oxygens (including phenoxy) is 1. The smallest absolute Gasteiger partial charge is 0.320 e. The third kappa shape index (κ3) is 5.80. The van der Waals surface area contributed by atoms with Gasteiger partial charge in [-0.05, 0) is 13.3 Å². The molecule has 5 heteroatoms. The first-order valence-electron chi connectivity index (χ1n) is 4.52. The molecule has 4 nitrogen and oxygen atoms in total. The zero-order chi connectivity index (χ0) is 10.3. The Morgan fingerprint density at radius 2 is 1.93 bits per heavy atom. The summed E-state index contributed by atoms with van der Waals surface area (Å²) in [6.45, 7) is 3.84. The maximum atomic E-state index is 11.1. The molecule has 0 rings (SSSR count). The van der Waals surface area contributed by atoms with Crippen LogP contribution in [0.4, 0.5) is 0 Å². The molecule has 0 aromatic heterocycles. The summed E-state index contributed by atoms with van der Waals surface area (Å²) in [7, 11) is 0. The summed E-state index contributed by atoms with van der Waals surface area (Å²) < 4.78 is 4.64. The second kappa shape index (κ2) is 8.81. The van der Waals surface area contributed by atoms with Crippen molar-refractivity contribution in [1.82, 2.24) is 0 Å². The summed E-state index contributed by atoms with van der Waals surface area (Å²) in [5.74, 6) is -2.70. The molecule has 84 valence electrons. The minimum absolute atomic E-state index is 0. The molecule has 0 saturated carbocycles. The minimum atomic E-state index is -1.09. The Morgan fingerprint density at radius 3 is 2.29 bits per heavy atom. The lowest BCUT2D eigenvalue weighted by Crippen LogP contribution is -2.25. The van der Waals surface area contributed by atoms with Crippen LogP contribution in [0.5, 0.6) is 0 Å². The number of esters is 1.